The third kappa shape index (κ3) is 3.52. The van der Waals surface area contributed by atoms with E-state index in [2.05, 4.69) is 0 Å². The zero-order chi connectivity index (χ0) is 15.4. The highest BCUT2D eigenvalue weighted by atomic mass is 35.5. The molecule has 0 aliphatic rings. The standard InChI is InChI=1S/C16H16ClFN2O/c1-2-20(10-11-5-3-4-6-14(11)17)16(21)13-8-7-12(19)9-15(13)18/h3-9H,2,10,19H2,1H3. The number of carbonyl (C=O) groups is 1. The summed E-state index contributed by atoms with van der Waals surface area (Å²) in [7, 11) is 0. The van der Waals surface area contributed by atoms with Crippen LogP contribution in [0.15, 0.2) is 42.5 Å². The van der Waals surface area contributed by atoms with Gasteiger partial charge >= 0.3 is 0 Å². The molecule has 0 saturated heterocycles. The topological polar surface area (TPSA) is 46.3 Å². The van der Waals surface area contributed by atoms with Crippen LogP contribution in [0.1, 0.15) is 22.8 Å². The van der Waals surface area contributed by atoms with E-state index in [1.165, 1.54) is 17.0 Å². The van der Waals surface area contributed by atoms with Crippen molar-refractivity contribution in [3.05, 3.63) is 64.4 Å². The Morgan fingerprint density at radius 3 is 2.62 bits per heavy atom. The zero-order valence-electron chi connectivity index (χ0n) is 11.6. The van der Waals surface area contributed by atoms with E-state index in [9.17, 15) is 9.18 Å². The summed E-state index contributed by atoms with van der Waals surface area (Å²) in [5.41, 5.74) is 6.62. The van der Waals surface area contributed by atoms with Gasteiger partial charge in [0.25, 0.3) is 5.91 Å². The Kier molecular flexibility index (Phi) is 4.81. The fourth-order valence-corrected chi connectivity index (χ4v) is 2.23. The normalized spacial score (nSPS) is 10.4. The SMILES string of the molecule is CCN(Cc1ccccc1Cl)C(=O)c1ccc(N)cc1F. The van der Waals surface area contributed by atoms with Crippen molar-refractivity contribution in [2.24, 2.45) is 0 Å². The van der Waals surface area contributed by atoms with Crippen molar-refractivity contribution in [3.63, 3.8) is 0 Å². The first kappa shape index (κ1) is 15.3. The summed E-state index contributed by atoms with van der Waals surface area (Å²) in [5, 5.41) is 0.585. The third-order valence-corrected chi connectivity index (χ3v) is 3.58. The van der Waals surface area contributed by atoms with E-state index in [0.29, 0.717) is 23.8 Å². The first-order chi connectivity index (χ1) is 10.0. The number of amides is 1. The van der Waals surface area contributed by atoms with Crippen LogP contribution in [-0.2, 0) is 6.54 Å². The maximum Gasteiger partial charge on any atom is 0.257 e. The summed E-state index contributed by atoms with van der Waals surface area (Å²) in [6.07, 6.45) is 0. The highest BCUT2D eigenvalue weighted by molar-refractivity contribution is 6.31. The lowest BCUT2D eigenvalue weighted by atomic mass is 10.1. The fourth-order valence-electron chi connectivity index (χ4n) is 2.03. The molecule has 0 bridgehead atoms. The van der Waals surface area contributed by atoms with Crippen molar-refractivity contribution in [2.45, 2.75) is 13.5 Å². The van der Waals surface area contributed by atoms with Crippen molar-refractivity contribution in [3.8, 4) is 0 Å². The molecular formula is C16H16ClFN2O. The molecule has 0 fully saturated rings. The van der Waals surface area contributed by atoms with Gasteiger partial charge in [-0.25, -0.2) is 4.39 Å². The van der Waals surface area contributed by atoms with Crippen LogP contribution in [0, 0.1) is 5.82 Å². The minimum Gasteiger partial charge on any atom is -0.399 e. The van der Waals surface area contributed by atoms with Gasteiger partial charge in [0.15, 0.2) is 0 Å². The van der Waals surface area contributed by atoms with Crippen molar-refractivity contribution in [2.75, 3.05) is 12.3 Å². The molecule has 2 rings (SSSR count). The molecule has 0 aromatic heterocycles. The second-order valence-corrected chi connectivity index (χ2v) is 5.06. The molecule has 2 aromatic rings. The van der Waals surface area contributed by atoms with Crippen molar-refractivity contribution in [1.29, 1.82) is 0 Å². The molecule has 3 nitrogen and oxygen atoms in total. The third-order valence-electron chi connectivity index (χ3n) is 3.21. The van der Waals surface area contributed by atoms with Crippen LogP contribution in [0.4, 0.5) is 10.1 Å². The van der Waals surface area contributed by atoms with Gasteiger partial charge in [0.2, 0.25) is 0 Å². The summed E-state index contributed by atoms with van der Waals surface area (Å²) in [4.78, 5) is 14.0. The minimum absolute atomic E-state index is 0.0121. The first-order valence-electron chi connectivity index (χ1n) is 6.60. The van der Waals surface area contributed by atoms with Crippen molar-refractivity contribution >= 4 is 23.2 Å². The number of benzene rings is 2. The van der Waals surface area contributed by atoms with Gasteiger partial charge in [-0.3, -0.25) is 4.79 Å². The van der Waals surface area contributed by atoms with Gasteiger partial charge in [0.05, 0.1) is 5.56 Å². The number of hydrogen-bond donors (Lipinski definition) is 1. The molecular weight excluding hydrogens is 291 g/mol. The molecule has 0 heterocycles. The Hall–Kier alpha value is -2.07. The molecule has 0 atom stereocenters. The molecule has 0 spiro atoms. The number of halogens is 2. The molecule has 5 heteroatoms. The molecule has 2 aromatic carbocycles. The summed E-state index contributed by atoms with van der Waals surface area (Å²) < 4.78 is 13.9. The lowest BCUT2D eigenvalue weighted by molar-refractivity contribution is 0.0748. The van der Waals surface area contributed by atoms with Gasteiger partial charge in [-0.15, -0.1) is 0 Å². The molecule has 0 unspecified atom stereocenters. The van der Waals surface area contributed by atoms with Crippen LogP contribution in [0.5, 0.6) is 0 Å². The van der Waals surface area contributed by atoms with Crippen LogP contribution in [-0.4, -0.2) is 17.4 Å². The molecule has 21 heavy (non-hydrogen) atoms. The maximum absolute atomic E-state index is 13.9. The minimum atomic E-state index is -0.613. The summed E-state index contributed by atoms with van der Waals surface area (Å²) >= 11 is 6.10. The van der Waals surface area contributed by atoms with E-state index in [1.54, 1.807) is 6.07 Å². The van der Waals surface area contributed by atoms with Crippen LogP contribution in [0.2, 0.25) is 5.02 Å². The lowest BCUT2D eigenvalue weighted by Crippen LogP contribution is -2.31. The average molecular weight is 307 g/mol. The van der Waals surface area contributed by atoms with Crippen LogP contribution in [0.25, 0.3) is 0 Å². The number of nitrogen functional groups attached to an aromatic ring is 1. The number of anilines is 1. The number of nitrogens with zero attached hydrogens (tertiary/aromatic N) is 1. The van der Waals surface area contributed by atoms with E-state index in [4.69, 9.17) is 17.3 Å². The summed E-state index contributed by atoms with van der Waals surface area (Å²) in [6.45, 7) is 2.62. The van der Waals surface area contributed by atoms with Crippen molar-refractivity contribution < 1.29 is 9.18 Å². The first-order valence-corrected chi connectivity index (χ1v) is 6.98. The summed E-state index contributed by atoms with van der Waals surface area (Å²) in [5.74, 6) is -0.993. The zero-order valence-corrected chi connectivity index (χ0v) is 12.4. The second kappa shape index (κ2) is 6.59. The van der Waals surface area contributed by atoms with Gasteiger partial charge in [0.1, 0.15) is 5.82 Å². The molecule has 0 radical (unpaired) electrons. The van der Waals surface area contributed by atoms with E-state index < -0.39 is 5.82 Å². The second-order valence-electron chi connectivity index (χ2n) is 4.65. The van der Waals surface area contributed by atoms with Crippen molar-refractivity contribution in [1.82, 2.24) is 4.90 Å². The Bertz CT molecular complexity index is 660. The smallest absolute Gasteiger partial charge is 0.257 e. The van der Waals surface area contributed by atoms with Gasteiger partial charge in [-0.2, -0.15) is 0 Å². The fraction of sp³-hybridized carbons (Fsp3) is 0.188. The highest BCUT2D eigenvalue weighted by Gasteiger charge is 2.19. The average Bonchev–Trinajstić information content (AvgIpc) is 2.46. The van der Waals surface area contributed by atoms with E-state index in [0.717, 1.165) is 11.6 Å². The largest absolute Gasteiger partial charge is 0.399 e. The van der Waals surface area contributed by atoms with E-state index >= 15 is 0 Å². The van der Waals surface area contributed by atoms with Crippen LogP contribution < -0.4 is 5.73 Å². The molecule has 1 amide bonds. The molecule has 0 aliphatic heterocycles. The Morgan fingerprint density at radius 2 is 2.00 bits per heavy atom. The van der Waals surface area contributed by atoms with Gasteiger partial charge in [0, 0.05) is 23.8 Å². The molecule has 0 saturated carbocycles. The monoisotopic (exact) mass is 306 g/mol. The quantitative estimate of drug-likeness (QED) is 0.875. The Balaban J connectivity index is 2.25. The van der Waals surface area contributed by atoms with Gasteiger partial charge in [-0.05, 0) is 36.8 Å². The predicted octanol–water partition coefficient (Wildman–Crippen LogP) is 3.72. The Morgan fingerprint density at radius 1 is 1.29 bits per heavy atom. The molecule has 0 aliphatic carbocycles. The molecule has 2 N–H and O–H groups in total. The van der Waals surface area contributed by atoms with E-state index in [-0.39, 0.29) is 11.5 Å². The van der Waals surface area contributed by atoms with E-state index in [1.807, 2.05) is 25.1 Å². The maximum atomic E-state index is 13.9. The number of hydrogen-bond acceptors (Lipinski definition) is 2. The van der Waals surface area contributed by atoms with Crippen LogP contribution in [0.3, 0.4) is 0 Å². The lowest BCUT2D eigenvalue weighted by Gasteiger charge is -2.22. The molecule has 110 valence electrons. The number of carbonyl (C=O) groups excluding carboxylic acids is 1. The van der Waals surface area contributed by atoms with Gasteiger partial charge < -0.3 is 10.6 Å². The summed E-state index contributed by atoms with van der Waals surface area (Å²) in [6, 6.07) is 11.3. The van der Waals surface area contributed by atoms with Gasteiger partial charge in [-0.1, -0.05) is 29.8 Å². The van der Waals surface area contributed by atoms with Crippen LogP contribution >= 0.6 is 11.6 Å². The number of rotatable bonds is 4. The number of nitrogens with two attached hydrogens (primary N) is 1. The predicted molar refractivity (Wildman–Crippen MR) is 82.7 cm³/mol. The Labute approximate surface area is 128 Å². The highest BCUT2D eigenvalue weighted by Crippen LogP contribution is 2.19.